The molecule has 1 saturated carbocycles. The molecule has 0 saturated heterocycles. The van der Waals surface area contributed by atoms with Crippen LogP contribution in [-0.4, -0.2) is 34.4 Å². The van der Waals surface area contributed by atoms with Gasteiger partial charge in [-0.1, -0.05) is 6.07 Å². The number of hydrogen-bond acceptors (Lipinski definition) is 4. The Hall–Kier alpha value is -1.93. The number of sulfonamides is 1. The van der Waals surface area contributed by atoms with E-state index in [0.717, 1.165) is 12.8 Å². The first-order chi connectivity index (χ1) is 9.32. The van der Waals surface area contributed by atoms with Gasteiger partial charge in [-0.3, -0.25) is 4.40 Å². The van der Waals surface area contributed by atoms with Crippen LogP contribution >= 0.6 is 0 Å². The van der Waals surface area contributed by atoms with Gasteiger partial charge in [0.1, 0.15) is 0 Å². The van der Waals surface area contributed by atoms with Gasteiger partial charge >= 0.3 is 5.97 Å². The van der Waals surface area contributed by atoms with Gasteiger partial charge in [-0.05, 0) is 31.9 Å². The lowest BCUT2D eigenvalue weighted by atomic mass is 10.4. The maximum absolute atomic E-state index is 12.4. The lowest BCUT2D eigenvalue weighted by Gasteiger charge is -2.10. The molecule has 1 aliphatic rings. The minimum absolute atomic E-state index is 0.247. The molecule has 1 aliphatic carbocycles. The summed E-state index contributed by atoms with van der Waals surface area (Å²) in [5.74, 6) is -1.59. The Kier molecular flexibility index (Phi) is 2.63. The monoisotopic (exact) mass is 295 g/mol. The molecule has 0 aliphatic heterocycles. The smallest absolute Gasteiger partial charge is 0.372 e. The van der Waals surface area contributed by atoms with Crippen LogP contribution in [0.1, 0.15) is 30.4 Å². The SMILES string of the molecule is CC1(NS(=O)(=O)c2nc(C(=O)O)n3ccccc23)CC1. The summed E-state index contributed by atoms with van der Waals surface area (Å²) in [7, 11) is -3.84. The summed E-state index contributed by atoms with van der Waals surface area (Å²) in [5, 5.41) is 8.86. The number of aromatic carboxylic acids is 1. The predicted octanol–water partition coefficient (Wildman–Crippen LogP) is 0.863. The van der Waals surface area contributed by atoms with E-state index in [9.17, 15) is 13.2 Å². The van der Waals surface area contributed by atoms with Gasteiger partial charge in [-0.25, -0.2) is 22.9 Å². The number of fused-ring (bicyclic) bond motifs is 1. The molecular weight excluding hydrogens is 282 g/mol. The molecule has 1 fully saturated rings. The van der Waals surface area contributed by atoms with Crippen LogP contribution in [0.25, 0.3) is 5.52 Å². The third-order valence-corrected chi connectivity index (χ3v) is 4.91. The first-order valence-electron chi connectivity index (χ1n) is 6.07. The number of nitrogens with zero attached hydrogens (tertiary/aromatic N) is 2. The molecule has 0 aromatic carbocycles. The first kappa shape index (κ1) is 13.1. The molecule has 3 rings (SSSR count). The Morgan fingerprint density at radius 3 is 2.75 bits per heavy atom. The van der Waals surface area contributed by atoms with E-state index in [1.165, 1.54) is 16.7 Å². The quantitative estimate of drug-likeness (QED) is 0.871. The Balaban J connectivity index is 2.19. The van der Waals surface area contributed by atoms with E-state index in [1.54, 1.807) is 19.1 Å². The average Bonchev–Trinajstić information content (AvgIpc) is 2.93. The molecule has 0 radical (unpaired) electrons. The highest BCUT2D eigenvalue weighted by Gasteiger charge is 2.42. The van der Waals surface area contributed by atoms with E-state index in [-0.39, 0.29) is 16.4 Å². The van der Waals surface area contributed by atoms with Crippen LogP contribution < -0.4 is 4.72 Å². The Morgan fingerprint density at radius 1 is 1.45 bits per heavy atom. The number of carbonyl (C=O) groups is 1. The molecule has 2 aromatic rings. The van der Waals surface area contributed by atoms with Crippen molar-refractivity contribution in [2.75, 3.05) is 0 Å². The molecule has 0 bridgehead atoms. The van der Waals surface area contributed by atoms with E-state index in [2.05, 4.69) is 9.71 Å². The number of imidazole rings is 1. The minimum Gasteiger partial charge on any atom is -0.475 e. The summed E-state index contributed by atoms with van der Waals surface area (Å²) in [6.07, 6.45) is 3.01. The van der Waals surface area contributed by atoms with Gasteiger partial charge in [0, 0.05) is 11.7 Å². The van der Waals surface area contributed by atoms with Crippen molar-refractivity contribution in [2.24, 2.45) is 0 Å². The molecule has 0 amide bonds. The summed E-state index contributed by atoms with van der Waals surface area (Å²) in [6, 6.07) is 4.79. The second kappa shape index (κ2) is 4.03. The first-order valence-corrected chi connectivity index (χ1v) is 7.55. The number of hydrogen-bond donors (Lipinski definition) is 2. The van der Waals surface area contributed by atoms with Crippen LogP contribution in [0.2, 0.25) is 0 Å². The fourth-order valence-electron chi connectivity index (χ4n) is 2.02. The fraction of sp³-hybridized carbons (Fsp3) is 0.333. The molecular formula is C12H13N3O4S. The molecule has 2 aromatic heterocycles. The second-order valence-electron chi connectivity index (χ2n) is 5.17. The van der Waals surface area contributed by atoms with Crippen molar-refractivity contribution >= 4 is 21.5 Å². The number of rotatable bonds is 4. The number of carboxylic acids is 1. The minimum atomic E-state index is -3.84. The summed E-state index contributed by atoms with van der Waals surface area (Å²) < 4.78 is 28.5. The summed E-state index contributed by atoms with van der Waals surface area (Å²) in [6.45, 7) is 1.81. The molecule has 0 atom stereocenters. The van der Waals surface area contributed by atoms with Gasteiger partial charge in [-0.2, -0.15) is 0 Å². The molecule has 0 spiro atoms. The number of pyridine rings is 1. The van der Waals surface area contributed by atoms with E-state index >= 15 is 0 Å². The molecule has 106 valence electrons. The number of aromatic nitrogens is 2. The lowest BCUT2D eigenvalue weighted by molar-refractivity contribution is 0.0682. The van der Waals surface area contributed by atoms with Gasteiger partial charge < -0.3 is 5.11 Å². The van der Waals surface area contributed by atoms with Crippen molar-refractivity contribution < 1.29 is 18.3 Å². The van der Waals surface area contributed by atoms with Crippen molar-refractivity contribution in [3.8, 4) is 0 Å². The van der Waals surface area contributed by atoms with Gasteiger partial charge in [0.15, 0.2) is 5.03 Å². The zero-order valence-electron chi connectivity index (χ0n) is 10.7. The number of nitrogens with one attached hydrogen (secondary N) is 1. The molecule has 8 heteroatoms. The lowest BCUT2D eigenvalue weighted by Crippen LogP contribution is -2.34. The van der Waals surface area contributed by atoms with Crippen molar-refractivity contribution in [2.45, 2.75) is 30.3 Å². The van der Waals surface area contributed by atoms with E-state index < -0.39 is 21.5 Å². The molecule has 2 heterocycles. The second-order valence-corrected chi connectivity index (χ2v) is 6.77. The van der Waals surface area contributed by atoms with Crippen LogP contribution in [0.15, 0.2) is 29.4 Å². The standard InChI is InChI=1S/C12H13N3O4S/c1-12(5-6-12)14-20(18,19)10-8-4-2-3-7-15(8)9(13-10)11(16)17/h2-4,7,14H,5-6H2,1H3,(H,16,17). The Labute approximate surface area is 115 Å². The maximum atomic E-state index is 12.4. The van der Waals surface area contributed by atoms with Crippen LogP contribution in [0, 0.1) is 0 Å². The van der Waals surface area contributed by atoms with Crippen molar-refractivity contribution in [1.82, 2.24) is 14.1 Å². The Morgan fingerprint density at radius 2 is 2.15 bits per heavy atom. The van der Waals surface area contributed by atoms with Gasteiger partial charge in [0.05, 0.1) is 5.52 Å². The average molecular weight is 295 g/mol. The third kappa shape index (κ3) is 2.06. The summed E-state index contributed by atoms with van der Waals surface area (Å²) in [4.78, 5) is 14.9. The maximum Gasteiger partial charge on any atom is 0.372 e. The highest BCUT2D eigenvalue weighted by molar-refractivity contribution is 7.89. The molecule has 7 nitrogen and oxygen atoms in total. The largest absolute Gasteiger partial charge is 0.475 e. The van der Waals surface area contributed by atoms with Crippen LogP contribution in [-0.2, 0) is 10.0 Å². The molecule has 2 N–H and O–H groups in total. The van der Waals surface area contributed by atoms with E-state index in [4.69, 9.17) is 5.11 Å². The zero-order valence-corrected chi connectivity index (χ0v) is 11.5. The highest BCUT2D eigenvalue weighted by atomic mass is 32.2. The topological polar surface area (TPSA) is 101 Å². The van der Waals surface area contributed by atoms with Gasteiger partial charge in [0.2, 0.25) is 5.82 Å². The van der Waals surface area contributed by atoms with Crippen LogP contribution in [0.4, 0.5) is 0 Å². The van der Waals surface area contributed by atoms with Crippen molar-refractivity contribution in [3.63, 3.8) is 0 Å². The number of carboxylic acid groups (broad SMARTS) is 1. The van der Waals surface area contributed by atoms with Crippen molar-refractivity contribution in [3.05, 3.63) is 30.2 Å². The van der Waals surface area contributed by atoms with E-state index in [1.807, 2.05) is 0 Å². The summed E-state index contributed by atoms with van der Waals surface area (Å²) >= 11 is 0. The van der Waals surface area contributed by atoms with E-state index in [0.29, 0.717) is 0 Å². The highest BCUT2D eigenvalue weighted by Crippen LogP contribution is 2.36. The summed E-state index contributed by atoms with van der Waals surface area (Å²) in [5.41, 5.74) is -0.186. The third-order valence-electron chi connectivity index (χ3n) is 3.34. The fourth-order valence-corrected chi connectivity index (χ4v) is 3.62. The van der Waals surface area contributed by atoms with Gasteiger partial charge in [0.25, 0.3) is 10.0 Å². The van der Waals surface area contributed by atoms with Gasteiger partial charge in [-0.15, -0.1) is 0 Å². The normalized spacial score (nSPS) is 17.2. The van der Waals surface area contributed by atoms with Crippen molar-refractivity contribution in [1.29, 1.82) is 0 Å². The molecule has 20 heavy (non-hydrogen) atoms. The zero-order chi connectivity index (χ0) is 14.5. The molecule has 0 unspecified atom stereocenters. The van der Waals surface area contributed by atoms with Crippen LogP contribution in [0.3, 0.4) is 0 Å². The predicted molar refractivity (Wildman–Crippen MR) is 70.1 cm³/mol. The Bertz CT molecular complexity index is 805. The van der Waals surface area contributed by atoms with Crippen LogP contribution in [0.5, 0.6) is 0 Å².